The summed E-state index contributed by atoms with van der Waals surface area (Å²) in [5.41, 5.74) is 0.714. The molecule has 3 unspecified atom stereocenters. The lowest BCUT2D eigenvalue weighted by atomic mass is 10.1. The van der Waals surface area contributed by atoms with Crippen LogP contribution in [0.25, 0.3) is 0 Å². The highest BCUT2D eigenvalue weighted by molar-refractivity contribution is 5.18. The zero-order chi connectivity index (χ0) is 21.1. The summed E-state index contributed by atoms with van der Waals surface area (Å²) in [6.45, 7) is 12.9. The first kappa shape index (κ1) is 26.5. The number of aliphatic hydroxyl groups excluding tert-OH is 2. The maximum absolute atomic E-state index is 12.6. The smallest absolute Gasteiger partial charge is 0.277 e. The molecule has 1 aromatic heterocycles. The van der Waals surface area contributed by atoms with Gasteiger partial charge in [0.25, 0.3) is 5.92 Å². The number of allylic oxidation sites excluding steroid dienone is 2. The third kappa shape index (κ3) is 10.3. The van der Waals surface area contributed by atoms with Crippen LogP contribution < -0.4 is 0 Å². The van der Waals surface area contributed by atoms with Gasteiger partial charge < -0.3 is 19.4 Å². The molecular weight excluding hydrogens is 349 g/mol. The number of furan rings is 1. The molecule has 0 fully saturated rings. The average Bonchev–Trinajstić information content (AvgIpc) is 2.98. The van der Waals surface area contributed by atoms with E-state index in [0.29, 0.717) is 18.3 Å². The van der Waals surface area contributed by atoms with Gasteiger partial charge >= 0.3 is 0 Å². The summed E-state index contributed by atoms with van der Waals surface area (Å²) >= 11 is 0. The van der Waals surface area contributed by atoms with Crippen LogP contribution in [0.3, 0.4) is 0 Å². The summed E-state index contributed by atoms with van der Waals surface area (Å²) in [6, 6.07) is 2.88. The molecule has 0 saturated carbocycles. The predicted octanol–water partition coefficient (Wildman–Crippen LogP) is 5.11. The molecule has 1 aromatic rings. The van der Waals surface area contributed by atoms with Crippen LogP contribution >= 0.6 is 0 Å². The van der Waals surface area contributed by atoms with Gasteiger partial charge in [0, 0.05) is 6.92 Å². The van der Waals surface area contributed by atoms with Gasteiger partial charge in [-0.15, -0.1) is 0 Å². The highest BCUT2D eigenvalue weighted by Gasteiger charge is 2.35. The first-order chi connectivity index (χ1) is 11.9. The van der Waals surface area contributed by atoms with Crippen molar-refractivity contribution in [3.63, 3.8) is 0 Å². The summed E-state index contributed by atoms with van der Waals surface area (Å²) in [5.74, 6) is -2.55. The van der Waals surface area contributed by atoms with Gasteiger partial charge in [0.05, 0.1) is 7.11 Å². The molecule has 0 radical (unpaired) electrons. The van der Waals surface area contributed by atoms with Crippen LogP contribution in [0.15, 0.2) is 40.5 Å². The SMILES string of the molecule is C=C(C)/C=C(\OC)C(O)C(C)F.CC.Cc1ccc(C(O)C(C)(F)F)o1. The molecule has 2 N–H and O–H groups in total. The van der Waals surface area contributed by atoms with Crippen LogP contribution in [0.1, 0.15) is 52.2 Å². The molecular formula is C19H31F3O4. The molecule has 0 spiro atoms. The second-order valence-electron chi connectivity index (χ2n) is 5.53. The van der Waals surface area contributed by atoms with Crippen molar-refractivity contribution in [2.24, 2.45) is 0 Å². The van der Waals surface area contributed by atoms with Crippen LogP contribution in [0.5, 0.6) is 0 Å². The standard InChI is InChI=1S/C9H15FO2.C8H10F2O2.C2H6/c1-6(2)5-8(12-4)9(11)7(3)10;1-5-3-4-6(12-5)7(11)8(2,9)10;1-2/h5,7,9,11H,1H2,2-4H3;3-4,7,11H,1-2H3;1-2H3/b8-5-;;. The summed E-state index contributed by atoms with van der Waals surface area (Å²) in [5, 5.41) is 18.3. The Balaban J connectivity index is 0. The van der Waals surface area contributed by atoms with E-state index in [2.05, 4.69) is 6.58 Å². The van der Waals surface area contributed by atoms with E-state index in [9.17, 15) is 18.3 Å². The highest BCUT2D eigenvalue weighted by atomic mass is 19.3. The number of halogens is 3. The lowest BCUT2D eigenvalue weighted by Crippen LogP contribution is -2.22. The van der Waals surface area contributed by atoms with E-state index in [0.717, 1.165) is 0 Å². The van der Waals surface area contributed by atoms with E-state index in [1.165, 1.54) is 32.2 Å². The quantitative estimate of drug-likeness (QED) is 0.531. The second kappa shape index (κ2) is 12.6. The zero-order valence-corrected chi connectivity index (χ0v) is 16.5. The number of alkyl halides is 3. The van der Waals surface area contributed by atoms with Crippen molar-refractivity contribution in [2.75, 3.05) is 7.11 Å². The van der Waals surface area contributed by atoms with E-state index in [4.69, 9.17) is 14.3 Å². The molecule has 0 aliphatic rings. The molecule has 1 rings (SSSR count). The van der Waals surface area contributed by atoms with Crippen molar-refractivity contribution in [3.05, 3.63) is 47.6 Å². The lowest BCUT2D eigenvalue weighted by molar-refractivity contribution is -0.104. The molecule has 0 aromatic carbocycles. The average molecular weight is 380 g/mol. The van der Waals surface area contributed by atoms with Crippen LogP contribution in [-0.2, 0) is 4.74 Å². The van der Waals surface area contributed by atoms with E-state index in [1.54, 1.807) is 13.8 Å². The van der Waals surface area contributed by atoms with Crippen LogP contribution in [0.2, 0.25) is 0 Å². The Morgan fingerprint density at radius 2 is 1.81 bits per heavy atom. The Morgan fingerprint density at radius 1 is 1.31 bits per heavy atom. The maximum atomic E-state index is 12.6. The van der Waals surface area contributed by atoms with Crippen molar-refractivity contribution in [2.45, 2.75) is 65.8 Å². The Morgan fingerprint density at radius 3 is 2.08 bits per heavy atom. The van der Waals surface area contributed by atoms with Crippen molar-refractivity contribution < 1.29 is 32.5 Å². The number of hydrogen-bond donors (Lipinski definition) is 2. The summed E-state index contributed by atoms with van der Waals surface area (Å²) in [6.07, 6.45) is -2.88. The number of rotatable bonds is 6. The maximum Gasteiger partial charge on any atom is 0.277 e. The van der Waals surface area contributed by atoms with Gasteiger partial charge in [-0.2, -0.15) is 0 Å². The van der Waals surface area contributed by atoms with Gasteiger partial charge in [-0.25, -0.2) is 13.2 Å². The fourth-order valence-electron chi connectivity index (χ4n) is 1.58. The fraction of sp³-hybridized carbons (Fsp3) is 0.579. The van der Waals surface area contributed by atoms with Crippen LogP contribution in [0, 0.1) is 6.92 Å². The van der Waals surface area contributed by atoms with Crippen molar-refractivity contribution in [1.29, 1.82) is 0 Å². The monoisotopic (exact) mass is 380 g/mol. The number of hydrogen-bond acceptors (Lipinski definition) is 4. The van der Waals surface area contributed by atoms with Gasteiger partial charge in [0.1, 0.15) is 29.6 Å². The topological polar surface area (TPSA) is 62.8 Å². The van der Waals surface area contributed by atoms with Crippen molar-refractivity contribution in [1.82, 2.24) is 0 Å². The molecule has 7 heteroatoms. The van der Waals surface area contributed by atoms with Gasteiger partial charge in [0.15, 0.2) is 6.10 Å². The third-order valence-electron chi connectivity index (χ3n) is 2.86. The summed E-state index contributed by atoms with van der Waals surface area (Å²) in [4.78, 5) is 0. The molecule has 4 nitrogen and oxygen atoms in total. The minimum absolute atomic E-state index is 0.0972. The molecule has 152 valence electrons. The lowest BCUT2D eigenvalue weighted by Gasteiger charge is -2.15. The zero-order valence-electron chi connectivity index (χ0n) is 16.5. The number of ether oxygens (including phenoxy) is 1. The minimum Gasteiger partial charge on any atom is -0.498 e. The van der Waals surface area contributed by atoms with Crippen molar-refractivity contribution >= 4 is 0 Å². The Kier molecular flexibility index (Phi) is 12.8. The third-order valence-corrected chi connectivity index (χ3v) is 2.86. The molecule has 26 heavy (non-hydrogen) atoms. The van der Waals surface area contributed by atoms with E-state index < -0.39 is 24.3 Å². The minimum atomic E-state index is -3.16. The molecule has 0 bridgehead atoms. The van der Waals surface area contributed by atoms with Gasteiger partial charge in [-0.3, -0.25) is 0 Å². The van der Waals surface area contributed by atoms with E-state index in [1.807, 2.05) is 13.8 Å². The molecule has 0 aliphatic carbocycles. The highest BCUT2D eigenvalue weighted by Crippen LogP contribution is 2.31. The largest absolute Gasteiger partial charge is 0.498 e. The van der Waals surface area contributed by atoms with Gasteiger partial charge in [-0.05, 0) is 39.0 Å². The Bertz CT molecular complexity index is 545. The van der Waals surface area contributed by atoms with E-state index in [-0.39, 0.29) is 11.5 Å². The number of methoxy groups -OCH3 is 1. The summed E-state index contributed by atoms with van der Waals surface area (Å²) in [7, 11) is 1.39. The van der Waals surface area contributed by atoms with Gasteiger partial charge in [0.2, 0.25) is 0 Å². The molecule has 0 amide bonds. The second-order valence-corrected chi connectivity index (χ2v) is 5.53. The molecule has 0 saturated heterocycles. The molecule has 0 aliphatic heterocycles. The normalized spacial score (nSPS) is 14.8. The van der Waals surface area contributed by atoms with Crippen molar-refractivity contribution in [3.8, 4) is 0 Å². The Hall–Kier alpha value is -1.73. The van der Waals surface area contributed by atoms with Crippen LogP contribution in [-0.4, -0.2) is 35.5 Å². The molecule has 3 atom stereocenters. The fourth-order valence-corrected chi connectivity index (χ4v) is 1.58. The van der Waals surface area contributed by atoms with Gasteiger partial charge in [-0.1, -0.05) is 26.0 Å². The predicted molar refractivity (Wildman–Crippen MR) is 96.9 cm³/mol. The van der Waals surface area contributed by atoms with E-state index >= 15 is 0 Å². The molecule has 1 heterocycles. The Labute approximate surface area is 154 Å². The number of aryl methyl sites for hydroxylation is 1. The first-order valence-electron chi connectivity index (χ1n) is 8.25. The first-order valence-corrected chi connectivity index (χ1v) is 8.25. The number of aliphatic hydroxyl groups is 2. The summed E-state index contributed by atoms with van der Waals surface area (Å²) < 4.78 is 47.2. The van der Waals surface area contributed by atoms with Crippen LogP contribution in [0.4, 0.5) is 13.2 Å².